The lowest BCUT2D eigenvalue weighted by Crippen LogP contribution is -2.04. The molecule has 0 saturated heterocycles. The Morgan fingerprint density at radius 1 is 0.935 bits per heavy atom. The van der Waals surface area contributed by atoms with Crippen LogP contribution in [-0.4, -0.2) is 17.7 Å². The second kappa shape index (κ2) is 9.57. The predicted molar refractivity (Wildman–Crippen MR) is 111 cm³/mol. The summed E-state index contributed by atoms with van der Waals surface area (Å²) < 4.78 is 49.2. The van der Waals surface area contributed by atoms with E-state index in [0.29, 0.717) is 17.1 Å². The maximum absolute atomic E-state index is 12.6. The van der Waals surface area contributed by atoms with Crippen molar-refractivity contribution in [3.63, 3.8) is 0 Å². The molecule has 0 aliphatic carbocycles. The van der Waals surface area contributed by atoms with Crippen LogP contribution in [0.4, 0.5) is 13.2 Å². The van der Waals surface area contributed by atoms with Gasteiger partial charge in [-0.15, -0.1) is 0 Å². The quantitative estimate of drug-likeness (QED) is 0.425. The van der Waals surface area contributed by atoms with Crippen LogP contribution < -0.4 is 9.47 Å². The molecule has 0 bridgehead atoms. The van der Waals surface area contributed by atoms with Crippen LogP contribution >= 0.6 is 11.6 Å². The van der Waals surface area contributed by atoms with E-state index in [-0.39, 0.29) is 22.9 Å². The molecule has 0 heterocycles. The lowest BCUT2D eigenvalue weighted by molar-refractivity contribution is -0.137. The van der Waals surface area contributed by atoms with Crippen molar-refractivity contribution in [3.8, 4) is 17.2 Å². The fourth-order valence-electron chi connectivity index (χ4n) is 2.63. The first-order valence-electron chi connectivity index (χ1n) is 9.01. The molecule has 4 nitrogen and oxygen atoms in total. The third-order valence-electron chi connectivity index (χ3n) is 4.15. The molecule has 0 aromatic heterocycles. The summed E-state index contributed by atoms with van der Waals surface area (Å²) in [6.07, 6.45) is -1.09. The van der Waals surface area contributed by atoms with Crippen LogP contribution in [0, 0.1) is 0 Å². The largest absolute Gasteiger partial charge is 0.486 e. The van der Waals surface area contributed by atoms with E-state index in [4.69, 9.17) is 21.1 Å². The van der Waals surface area contributed by atoms with E-state index in [9.17, 15) is 23.1 Å². The molecule has 3 rings (SSSR count). The SMILES string of the molecule is O=C(O)c1cccc(Oc2ccccc2OC/C=C/c2ccc(C(F)(F)F)cc2)c1Cl. The second-order valence-corrected chi connectivity index (χ2v) is 6.68. The number of carbonyl (C=O) groups is 1. The minimum Gasteiger partial charge on any atom is -0.486 e. The van der Waals surface area contributed by atoms with E-state index in [1.165, 1.54) is 30.3 Å². The summed E-state index contributed by atoms with van der Waals surface area (Å²) in [6, 6.07) is 15.9. The summed E-state index contributed by atoms with van der Waals surface area (Å²) in [6.45, 7) is 0.129. The van der Waals surface area contributed by atoms with E-state index in [1.54, 1.807) is 36.4 Å². The van der Waals surface area contributed by atoms with Gasteiger partial charge in [0.05, 0.1) is 16.1 Å². The van der Waals surface area contributed by atoms with E-state index >= 15 is 0 Å². The van der Waals surface area contributed by atoms with Gasteiger partial charge >= 0.3 is 12.1 Å². The summed E-state index contributed by atoms with van der Waals surface area (Å²) in [5.41, 5.74) is -0.201. The van der Waals surface area contributed by atoms with Crippen molar-refractivity contribution in [2.75, 3.05) is 6.61 Å². The summed E-state index contributed by atoms with van der Waals surface area (Å²) in [5, 5.41) is 9.14. The molecule has 0 aliphatic heterocycles. The highest BCUT2D eigenvalue weighted by Gasteiger charge is 2.29. The van der Waals surface area contributed by atoms with Gasteiger partial charge in [0.1, 0.15) is 12.4 Å². The summed E-state index contributed by atoms with van der Waals surface area (Å²) in [4.78, 5) is 11.2. The minimum atomic E-state index is -4.37. The maximum atomic E-state index is 12.6. The van der Waals surface area contributed by atoms with Crippen molar-refractivity contribution in [3.05, 3.63) is 94.5 Å². The number of carboxylic acids is 1. The molecule has 3 aromatic rings. The number of ether oxygens (including phenoxy) is 2. The van der Waals surface area contributed by atoms with Gasteiger partial charge in [0, 0.05) is 0 Å². The zero-order valence-electron chi connectivity index (χ0n) is 15.9. The number of alkyl halides is 3. The van der Waals surface area contributed by atoms with Crippen LogP contribution in [0.5, 0.6) is 17.2 Å². The van der Waals surface area contributed by atoms with Crippen LogP contribution in [0.3, 0.4) is 0 Å². The van der Waals surface area contributed by atoms with Gasteiger partial charge in [-0.2, -0.15) is 13.2 Å². The van der Waals surface area contributed by atoms with Crippen LogP contribution in [0.25, 0.3) is 6.08 Å². The number of rotatable bonds is 7. The zero-order chi connectivity index (χ0) is 22.4. The number of aromatic carboxylic acids is 1. The second-order valence-electron chi connectivity index (χ2n) is 6.30. The van der Waals surface area contributed by atoms with Crippen molar-refractivity contribution in [2.45, 2.75) is 6.18 Å². The van der Waals surface area contributed by atoms with E-state index in [0.717, 1.165) is 12.1 Å². The van der Waals surface area contributed by atoms with E-state index in [2.05, 4.69) is 0 Å². The molecule has 3 aromatic carbocycles. The highest BCUT2D eigenvalue weighted by Crippen LogP contribution is 2.36. The van der Waals surface area contributed by atoms with Crippen LogP contribution in [0.15, 0.2) is 72.8 Å². The molecule has 0 fully saturated rings. The third kappa shape index (κ3) is 5.79. The average Bonchev–Trinajstić information content (AvgIpc) is 2.73. The van der Waals surface area contributed by atoms with Crippen molar-refractivity contribution in [1.82, 2.24) is 0 Å². The molecule has 0 amide bonds. The fourth-order valence-corrected chi connectivity index (χ4v) is 2.88. The van der Waals surface area contributed by atoms with Gasteiger partial charge in [0.2, 0.25) is 0 Å². The van der Waals surface area contributed by atoms with Gasteiger partial charge < -0.3 is 14.6 Å². The van der Waals surface area contributed by atoms with E-state index in [1.807, 2.05) is 0 Å². The first kappa shape index (κ1) is 22.2. The third-order valence-corrected chi connectivity index (χ3v) is 4.54. The Bertz CT molecular complexity index is 1090. The lowest BCUT2D eigenvalue weighted by atomic mass is 10.1. The monoisotopic (exact) mass is 448 g/mol. The first-order valence-corrected chi connectivity index (χ1v) is 9.39. The first-order chi connectivity index (χ1) is 14.8. The van der Waals surface area contributed by atoms with Crippen molar-refractivity contribution in [2.24, 2.45) is 0 Å². The van der Waals surface area contributed by atoms with Gasteiger partial charge in [-0.25, -0.2) is 4.79 Å². The zero-order valence-corrected chi connectivity index (χ0v) is 16.7. The average molecular weight is 449 g/mol. The topological polar surface area (TPSA) is 55.8 Å². The highest BCUT2D eigenvalue weighted by molar-refractivity contribution is 6.35. The van der Waals surface area contributed by atoms with Crippen LogP contribution in [-0.2, 0) is 6.18 Å². The van der Waals surface area contributed by atoms with Gasteiger partial charge in [-0.3, -0.25) is 0 Å². The molecule has 0 radical (unpaired) electrons. The van der Waals surface area contributed by atoms with Crippen LogP contribution in [0.2, 0.25) is 5.02 Å². The smallest absolute Gasteiger partial charge is 0.416 e. The molecule has 0 atom stereocenters. The molecule has 0 spiro atoms. The van der Waals surface area contributed by atoms with Gasteiger partial charge in [0.15, 0.2) is 11.5 Å². The number of hydrogen-bond donors (Lipinski definition) is 1. The summed E-state index contributed by atoms with van der Waals surface area (Å²) in [5.74, 6) is -0.294. The number of carboxylic acid groups (broad SMARTS) is 1. The van der Waals surface area contributed by atoms with Crippen molar-refractivity contribution in [1.29, 1.82) is 0 Å². The maximum Gasteiger partial charge on any atom is 0.416 e. The Kier molecular flexibility index (Phi) is 6.87. The fraction of sp³-hybridized carbons (Fsp3) is 0.0870. The number of hydrogen-bond acceptors (Lipinski definition) is 3. The molecular weight excluding hydrogens is 433 g/mol. The van der Waals surface area contributed by atoms with Gasteiger partial charge in [-0.1, -0.05) is 48.0 Å². The number of halogens is 4. The molecule has 8 heteroatoms. The van der Waals surface area contributed by atoms with Gasteiger partial charge in [-0.05, 0) is 48.0 Å². The predicted octanol–water partition coefficient (Wildman–Crippen LogP) is 6.94. The normalized spacial score (nSPS) is 11.5. The minimum absolute atomic E-state index is 0.0352. The van der Waals surface area contributed by atoms with Gasteiger partial charge in [0.25, 0.3) is 0 Å². The van der Waals surface area contributed by atoms with Crippen LogP contribution in [0.1, 0.15) is 21.5 Å². The molecule has 0 aliphatic rings. The van der Waals surface area contributed by atoms with E-state index < -0.39 is 17.7 Å². The Morgan fingerprint density at radius 2 is 1.58 bits per heavy atom. The molecule has 160 valence electrons. The molecule has 0 saturated carbocycles. The Hall–Kier alpha value is -3.45. The number of benzene rings is 3. The summed E-state index contributed by atoms with van der Waals surface area (Å²) >= 11 is 6.11. The molecule has 31 heavy (non-hydrogen) atoms. The molecule has 1 N–H and O–H groups in total. The Morgan fingerprint density at radius 3 is 2.23 bits per heavy atom. The van der Waals surface area contributed by atoms with Crippen molar-refractivity contribution < 1.29 is 32.5 Å². The number of para-hydroxylation sites is 2. The molecular formula is C23H16ClF3O4. The van der Waals surface area contributed by atoms with Crippen molar-refractivity contribution >= 4 is 23.6 Å². The lowest BCUT2D eigenvalue weighted by Gasteiger charge is -2.13. The molecule has 0 unspecified atom stereocenters. The summed E-state index contributed by atoms with van der Waals surface area (Å²) in [7, 11) is 0. The Labute approximate surface area is 181 Å². The standard InChI is InChI=1S/C23H16ClF3O4/c24-21-17(22(28)29)6-3-9-20(21)31-19-8-2-1-7-18(19)30-14-4-5-15-10-12-16(13-11-15)23(25,26)27/h1-13H,14H2,(H,28,29)/b5-4+. The highest BCUT2D eigenvalue weighted by atomic mass is 35.5. The Balaban J connectivity index is 1.67.